The normalized spacial score (nSPS) is 13.7. The number of hydrogen-bond donors (Lipinski definition) is 2. The van der Waals surface area contributed by atoms with Crippen LogP contribution in [0, 0.1) is 17.8 Å². The zero-order valence-corrected chi connectivity index (χ0v) is 60.7. The summed E-state index contributed by atoms with van der Waals surface area (Å²) < 4.78 is 5.12. The lowest BCUT2D eigenvalue weighted by molar-refractivity contribution is -0.150. The van der Waals surface area contributed by atoms with Gasteiger partial charge in [0.15, 0.2) is 0 Å². The fourth-order valence-corrected chi connectivity index (χ4v) is 14.0. The number of carbonyl (C=O) groups excluding carboxylic acids is 1. The van der Waals surface area contributed by atoms with Crippen LogP contribution in [0.3, 0.4) is 0 Å². The molecule has 0 aromatic carbocycles. The Morgan fingerprint density at radius 3 is 0.782 bits per heavy atom. The summed E-state index contributed by atoms with van der Waals surface area (Å²) in [4.78, 5) is 12.5. The van der Waals surface area contributed by atoms with Gasteiger partial charge < -0.3 is 14.9 Å². The monoisotopic (exact) mass is 1230 g/mol. The van der Waals surface area contributed by atoms with Crippen LogP contribution < -0.4 is 0 Å². The number of ether oxygens (including phenoxy) is 1. The summed E-state index contributed by atoms with van der Waals surface area (Å²) in [6.07, 6.45) is 99.1. The molecule has 0 saturated heterocycles. The van der Waals surface area contributed by atoms with Gasteiger partial charge in [-0.3, -0.25) is 4.79 Å². The average molecular weight is 1230 g/mol. The van der Waals surface area contributed by atoms with Crippen LogP contribution >= 0.6 is 0 Å². The SMILES string of the molecule is CCCCCCCCCCCCCCCCCCCCCC[C@@H](C(=O)OC)[C@H](O)CCCCCCCCCCCCCCCCC[C@@H](C)C=CCCCCCCCCCCCCCCC[C@H](O)[C@@H](C)CCCCCCCCCCCCCCCCCC. The molecule has 4 nitrogen and oxygen atoms in total. The highest BCUT2D eigenvalue weighted by Gasteiger charge is 2.27. The van der Waals surface area contributed by atoms with Crippen molar-refractivity contribution in [2.45, 2.75) is 489 Å². The Morgan fingerprint density at radius 1 is 0.287 bits per heavy atom. The number of allylic oxidation sites excluding steroid dienone is 2. The van der Waals surface area contributed by atoms with E-state index in [0.29, 0.717) is 5.92 Å². The molecule has 0 bridgehead atoms. The summed E-state index contributed by atoms with van der Waals surface area (Å²) in [7, 11) is 1.48. The second kappa shape index (κ2) is 74.2. The molecule has 520 valence electrons. The molecule has 87 heavy (non-hydrogen) atoms. The zero-order valence-electron chi connectivity index (χ0n) is 60.7. The minimum Gasteiger partial charge on any atom is -0.469 e. The summed E-state index contributed by atoms with van der Waals surface area (Å²) >= 11 is 0. The molecule has 0 unspecified atom stereocenters. The van der Waals surface area contributed by atoms with Gasteiger partial charge in [0, 0.05) is 0 Å². The van der Waals surface area contributed by atoms with Gasteiger partial charge in [-0.15, -0.1) is 0 Å². The van der Waals surface area contributed by atoms with Crippen LogP contribution in [0.2, 0.25) is 0 Å². The molecule has 4 heteroatoms. The molecular formula is C83H164O4. The first-order valence-corrected chi connectivity index (χ1v) is 41.0. The van der Waals surface area contributed by atoms with Gasteiger partial charge in [-0.2, -0.15) is 0 Å². The van der Waals surface area contributed by atoms with E-state index in [1.807, 2.05) is 0 Å². The third-order valence-electron chi connectivity index (χ3n) is 20.5. The molecule has 0 aromatic heterocycles. The van der Waals surface area contributed by atoms with Gasteiger partial charge in [-0.05, 0) is 56.8 Å². The Hall–Kier alpha value is -0.870. The number of aliphatic hydroxyl groups excluding tert-OH is 2. The van der Waals surface area contributed by atoms with E-state index >= 15 is 0 Å². The topological polar surface area (TPSA) is 66.8 Å². The Kier molecular flexibility index (Phi) is 73.4. The number of esters is 1. The molecule has 0 aliphatic heterocycles. The third kappa shape index (κ3) is 67.8. The van der Waals surface area contributed by atoms with E-state index in [2.05, 4.69) is 39.8 Å². The molecular weight excluding hydrogens is 1060 g/mol. The largest absolute Gasteiger partial charge is 0.469 e. The molecule has 5 atom stereocenters. The molecule has 0 aliphatic rings. The molecule has 0 amide bonds. The first kappa shape index (κ1) is 86.1. The van der Waals surface area contributed by atoms with Gasteiger partial charge in [0.2, 0.25) is 0 Å². The fraction of sp³-hybridized carbons (Fsp3) is 0.964. The second-order valence-corrected chi connectivity index (χ2v) is 29.3. The number of rotatable bonds is 76. The van der Waals surface area contributed by atoms with E-state index in [-0.39, 0.29) is 18.0 Å². The molecule has 0 fully saturated rings. The van der Waals surface area contributed by atoms with Gasteiger partial charge in [0.1, 0.15) is 0 Å². The number of unbranched alkanes of at least 4 members (excludes halogenated alkanes) is 61. The van der Waals surface area contributed by atoms with E-state index in [0.717, 1.165) is 50.9 Å². The van der Waals surface area contributed by atoms with Crippen LogP contribution in [0.25, 0.3) is 0 Å². The lowest BCUT2D eigenvalue weighted by Crippen LogP contribution is -2.29. The van der Waals surface area contributed by atoms with Crippen LogP contribution in [0.1, 0.15) is 477 Å². The molecule has 0 heterocycles. The molecule has 0 spiro atoms. The Bertz CT molecular complexity index is 1300. The van der Waals surface area contributed by atoms with Crippen molar-refractivity contribution < 1.29 is 19.7 Å². The molecule has 0 saturated carbocycles. The summed E-state index contributed by atoms with van der Waals surface area (Å²) in [6, 6.07) is 0. The van der Waals surface area contributed by atoms with Gasteiger partial charge in [0.25, 0.3) is 0 Å². The number of aliphatic hydroxyl groups is 2. The molecule has 2 N–H and O–H groups in total. The maximum atomic E-state index is 12.5. The van der Waals surface area contributed by atoms with Crippen molar-refractivity contribution in [3.8, 4) is 0 Å². The van der Waals surface area contributed by atoms with E-state index in [4.69, 9.17) is 4.74 Å². The minimum atomic E-state index is -0.558. The van der Waals surface area contributed by atoms with E-state index < -0.39 is 6.10 Å². The van der Waals surface area contributed by atoms with E-state index in [1.54, 1.807) is 0 Å². The lowest BCUT2D eigenvalue weighted by atomic mass is 9.91. The summed E-state index contributed by atoms with van der Waals surface area (Å²) in [5, 5.41) is 21.7. The Balaban J connectivity index is 3.48. The maximum absolute atomic E-state index is 12.5. The maximum Gasteiger partial charge on any atom is 0.311 e. The number of carbonyl (C=O) groups is 1. The highest BCUT2D eigenvalue weighted by molar-refractivity contribution is 5.72. The van der Waals surface area contributed by atoms with Crippen LogP contribution in [-0.4, -0.2) is 35.5 Å². The average Bonchev–Trinajstić information content (AvgIpc) is 3.56. The molecule has 0 radical (unpaired) electrons. The van der Waals surface area contributed by atoms with Crippen molar-refractivity contribution in [1.82, 2.24) is 0 Å². The quantitative estimate of drug-likeness (QED) is 0.0362. The summed E-state index contributed by atoms with van der Waals surface area (Å²) in [5.41, 5.74) is 0. The van der Waals surface area contributed by atoms with Gasteiger partial charge in [0.05, 0.1) is 25.2 Å². The summed E-state index contributed by atoms with van der Waals surface area (Å²) in [6.45, 7) is 9.31. The smallest absolute Gasteiger partial charge is 0.311 e. The predicted octanol–water partition coefficient (Wildman–Crippen LogP) is 28.7. The van der Waals surface area contributed by atoms with Crippen molar-refractivity contribution >= 4 is 5.97 Å². The van der Waals surface area contributed by atoms with Crippen molar-refractivity contribution in [3.05, 3.63) is 12.2 Å². The fourth-order valence-electron chi connectivity index (χ4n) is 14.0. The summed E-state index contributed by atoms with van der Waals surface area (Å²) in [5.74, 6) is 0.643. The van der Waals surface area contributed by atoms with Crippen molar-refractivity contribution in [2.24, 2.45) is 17.8 Å². The molecule has 0 aliphatic carbocycles. The lowest BCUT2D eigenvalue weighted by Gasteiger charge is -2.20. The van der Waals surface area contributed by atoms with Gasteiger partial charge in [-0.1, -0.05) is 444 Å². The Labute approximate surface area is 549 Å². The standard InChI is InChI=1S/C83H164O4/c1-6-8-10-12-14-16-18-20-22-24-25-26-27-33-39-45-51-57-63-69-75-80(83(86)87-5)82(85)77-71-65-59-53-47-41-35-29-31-37-43-49-55-61-67-73-78(3)72-66-60-54-48-42-36-30-28-34-40-46-52-58-64-70-76-81(84)79(4)74-68-62-56-50-44-38-32-23-21-19-17-15-13-11-9-7-2/h66,72,78-82,84-85H,6-65,67-71,73-77H2,1-5H3/t78-,79-,80+,81-,82+/m0/s1. The first-order chi connectivity index (χ1) is 42.9. The Morgan fingerprint density at radius 2 is 0.506 bits per heavy atom. The van der Waals surface area contributed by atoms with Crippen LogP contribution in [0.4, 0.5) is 0 Å². The van der Waals surface area contributed by atoms with Crippen LogP contribution in [0.15, 0.2) is 12.2 Å². The third-order valence-corrected chi connectivity index (χ3v) is 20.5. The molecule has 0 aromatic rings. The predicted molar refractivity (Wildman–Crippen MR) is 390 cm³/mol. The molecule has 0 rings (SSSR count). The van der Waals surface area contributed by atoms with Crippen molar-refractivity contribution in [1.29, 1.82) is 0 Å². The van der Waals surface area contributed by atoms with E-state index in [9.17, 15) is 15.0 Å². The van der Waals surface area contributed by atoms with Crippen molar-refractivity contribution in [2.75, 3.05) is 7.11 Å². The number of methoxy groups -OCH3 is 1. The second-order valence-electron chi connectivity index (χ2n) is 29.3. The van der Waals surface area contributed by atoms with Crippen LogP contribution in [0.5, 0.6) is 0 Å². The zero-order chi connectivity index (χ0) is 63.1. The minimum absolute atomic E-state index is 0.0842. The van der Waals surface area contributed by atoms with Crippen LogP contribution in [-0.2, 0) is 9.53 Å². The van der Waals surface area contributed by atoms with E-state index in [1.165, 1.54) is 412 Å². The number of hydrogen-bond acceptors (Lipinski definition) is 4. The highest BCUT2D eigenvalue weighted by atomic mass is 16.5. The first-order valence-electron chi connectivity index (χ1n) is 41.0. The van der Waals surface area contributed by atoms with Gasteiger partial charge in [-0.25, -0.2) is 0 Å². The van der Waals surface area contributed by atoms with Crippen molar-refractivity contribution in [3.63, 3.8) is 0 Å². The van der Waals surface area contributed by atoms with Gasteiger partial charge >= 0.3 is 5.97 Å². The highest BCUT2D eigenvalue weighted by Crippen LogP contribution is 2.25.